The van der Waals surface area contributed by atoms with Crippen LogP contribution >= 0.6 is 0 Å². The number of aliphatic carboxylic acids is 1. The largest absolute Gasteiger partial charge is 0.480 e. The van der Waals surface area contributed by atoms with Crippen molar-refractivity contribution in [2.24, 2.45) is 0 Å². The lowest BCUT2D eigenvalue weighted by atomic mass is 9.89. The van der Waals surface area contributed by atoms with Gasteiger partial charge in [-0.05, 0) is 36.1 Å². The zero-order valence-electron chi connectivity index (χ0n) is 15.3. The van der Waals surface area contributed by atoms with Crippen LogP contribution in [-0.2, 0) is 4.79 Å². The van der Waals surface area contributed by atoms with Gasteiger partial charge < -0.3 is 15.7 Å². The fourth-order valence-corrected chi connectivity index (χ4v) is 3.13. The van der Waals surface area contributed by atoms with Crippen LogP contribution < -0.4 is 10.6 Å². The van der Waals surface area contributed by atoms with Crippen LogP contribution in [0.2, 0.25) is 0 Å². The first-order valence-electron chi connectivity index (χ1n) is 8.99. The van der Waals surface area contributed by atoms with Gasteiger partial charge >= 0.3 is 12.0 Å². The lowest BCUT2D eigenvalue weighted by Crippen LogP contribution is -2.55. The molecule has 0 aromatic heterocycles. The Bertz CT molecular complexity index is 721. The highest BCUT2D eigenvalue weighted by Crippen LogP contribution is 2.23. The van der Waals surface area contributed by atoms with E-state index in [-0.39, 0.29) is 0 Å². The Balaban J connectivity index is 2.07. The molecule has 5 heteroatoms. The molecule has 0 saturated heterocycles. The highest BCUT2D eigenvalue weighted by Gasteiger charge is 2.38. The first-order valence-corrected chi connectivity index (χ1v) is 8.99. The van der Waals surface area contributed by atoms with Gasteiger partial charge in [-0.3, -0.25) is 0 Å². The second-order valence-corrected chi connectivity index (χ2v) is 6.41. The van der Waals surface area contributed by atoms with Crippen molar-refractivity contribution in [3.8, 4) is 11.1 Å². The van der Waals surface area contributed by atoms with Gasteiger partial charge in [0.2, 0.25) is 0 Å². The topological polar surface area (TPSA) is 78.4 Å². The zero-order valence-corrected chi connectivity index (χ0v) is 15.3. The number of carboxylic acids is 1. The number of anilines is 1. The number of carboxylic acid groups (broad SMARTS) is 1. The summed E-state index contributed by atoms with van der Waals surface area (Å²) >= 11 is 0. The molecular formula is C21H26N2O3. The van der Waals surface area contributed by atoms with Crippen LogP contribution in [0.1, 0.15) is 39.5 Å². The van der Waals surface area contributed by atoms with Crippen molar-refractivity contribution in [3.05, 3.63) is 54.6 Å². The maximum atomic E-state index is 12.4. The van der Waals surface area contributed by atoms with E-state index in [1.807, 2.05) is 68.4 Å². The molecular weight excluding hydrogens is 328 g/mol. The number of nitrogens with one attached hydrogen (secondary N) is 2. The number of amides is 2. The molecule has 2 amide bonds. The fourth-order valence-electron chi connectivity index (χ4n) is 3.13. The number of carbonyl (C=O) groups excluding carboxylic acids is 1. The first-order chi connectivity index (χ1) is 12.5. The first kappa shape index (κ1) is 19.5. The SMILES string of the molecule is CCCC(CCC)(NC(=O)Nc1ccc(-c2ccccc2)cc1)C(=O)O. The molecule has 0 aliphatic carbocycles. The number of rotatable bonds is 8. The van der Waals surface area contributed by atoms with E-state index in [0.29, 0.717) is 31.4 Å². The minimum atomic E-state index is -1.22. The van der Waals surface area contributed by atoms with Crippen molar-refractivity contribution in [3.63, 3.8) is 0 Å². The molecule has 5 nitrogen and oxygen atoms in total. The zero-order chi connectivity index (χ0) is 19.0. The Morgan fingerprint density at radius 3 is 1.92 bits per heavy atom. The second kappa shape index (κ2) is 9.04. The average Bonchev–Trinajstić information content (AvgIpc) is 2.63. The summed E-state index contributed by atoms with van der Waals surface area (Å²) in [7, 11) is 0. The van der Waals surface area contributed by atoms with Crippen molar-refractivity contribution < 1.29 is 14.7 Å². The molecule has 2 rings (SSSR count). The van der Waals surface area contributed by atoms with Gasteiger partial charge in [-0.25, -0.2) is 9.59 Å². The average molecular weight is 354 g/mol. The Morgan fingerprint density at radius 1 is 0.885 bits per heavy atom. The van der Waals surface area contributed by atoms with Crippen molar-refractivity contribution in [1.82, 2.24) is 5.32 Å². The molecule has 0 atom stereocenters. The second-order valence-electron chi connectivity index (χ2n) is 6.41. The molecule has 3 N–H and O–H groups in total. The lowest BCUT2D eigenvalue weighted by Gasteiger charge is -2.30. The molecule has 2 aromatic rings. The van der Waals surface area contributed by atoms with E-state index < -0.39 is 17.5 Å². The summed E-state index contributed by atoms with van der Waals surface area (Å²) in [4.78, 5) is 24.1. The van der Waals surface area contributed by atoms with Crippen LogP contribution in [0, 0.1) is 0 Å². The van der Waals surface area contributed by atoms with E-state index in [2.05, 4.69) is 10.6 Å². The maximum absolute atomic E-state index is 12.4. The molecule has 0 aliphatic rings. The summed E-state index contributed by atoms with van der Waals surface area (Å²) in [6.07, 6.45) is 2.16. The number of hydrogen-bond donors (Lipinski definition) is 3. The lowest BCUT2D eigenvalue weighted by molar-refractivity contribution is -0.145. The molecule has 138 valence electrons. The molecule has 0 unspecified atom stereocenters. The minimum Gasteiger partial charge on any atom is -0.480 e. The van der Waals surface area contributed by atoms with Gasteiger partial charge in [-0.2, -0.15) is 0 Å². The summed E-state index contributed by atoms with van der Waals surface area (Å²) in [5.74, 6) is -0.990. The molecule has 0 saturated carbocycles. The van der Waals surface area contributed by atoms with E-state index in [1.165, 1.54) is 0 Å². The quantitative estimate of drug-likeness (QED) is 0.631. The summed E-state index contributed by atoms with van der Waals surface area (Å²) in [5.41, 5.74) is 1.54. The smallest absolute Gasteiger partial charge is 0.329 e. The molecule has 2 aromatic carbocycles. The third-order valence-electron chi connectivity index (χ3n) is 4.37. The van der Waals surface area contributed by atoms with Crippen molar-refractivity contribution in [2.75, 3.05) is 5.32 Å². The summed E-state index contributed by atoms with van der Waals surface area (Å²) in [5, 5.41) is 15.0. The van der Waals surface area contributed by atoms with E-state index in [1.54, 1.807) is 0 Å². The van der Waals surface area contributed by atoms with Gasteiger partial charge in [0.25, 0.3) is 0 Å². The van der Waals surface area contributed by atoms with Crippen molar-refractivity contribution >= 4 is 17.7 Å². The van der Waals surface area contributed by atoms with Crippen molar-refractivity contribution in [2.45, 2.75) is 45.1 Å². The molecule has 0 fully saturated rings. The van der Waals surface area contributed by atoms with Crippen molar-refractivity contribution in [1.29, 1.82) is 0 Å². The van der Waals surface area contributed by atoms with Gasteiger partial charge in [0, 0.05) is 5.69 Å². The maximum Gasteiger partial charge on any atom is 0.329 e. The number of urea groups is 1. The van der Waals surface area contributed by atoms with E-state index in [4.69, 9.17) is 0 Å². The number of benzene rings is 2. The number of carbonyl (C=O) groups is 2. The third kappa shape index (κ3) is 4.85. The normalized spacial score (nSPS) is 11.0. The Kier molecular flexibility index (Phi) is 6.78. The van der Waals surface area contributed by atoms with Crippen LogP contribution in [0.4, 0.5) is 10.5 Å². The molecule has 0 heterocycles. The van der Waals surface area contributed by atoms with Crippen LogP contribution in [-0.4, -0.2) is 22.6 Å². The molecule has 0 bridgehead atoms. The van der Waals surface area contributed by atoms with Gasteiger partial charge in [0.15, 0.2) is 0 Å². The minimum absolute atomic E-state index is 0.399. The molecule has 0 aliphatic heterocycles. The summed E-state index contributed by atoms with van der Waals surface area (Å²) in [6, 6.07) is 16.9. The highest BCUT2D eigenvalue weighted by atomic mass is 16.4. The van der Waals surface area contributed by atoms with Crippen LogP contribution in [0.3, 0.4) is 0 Å². The molecule has 0 spiro atoms. The molecule has 26 heavy (non-hydrogen) atoms. The predicted octanol–water partition coefficient (Wildman–Crippen LogP) is 4.90. The number of hydrogen-bond acceptors (Lipinski definition) is 2. The Hall–Kier alpha value is -2.82. The predicted molar refractivity (Wildman–Crippen MR) is 104 cm³/mol. The van der Waals surface area contributed by atoms with Gasteiger partial charge in [-0.15, -0.1) is 0 Å². The van der Waals surface area contributed by atoms with Gasteiger partial charge in [0.1, 0.15) is 5.54 Å². The van der Waals surface area contributed by atoms with E-state index in [0.717, 1.165) is 11.1 Å². The highest BCUT2D eigenvalue weighted by molar-refractivity contribution is 5.94. The monoisotopic (exact) mass is 354 g/mol. The molecule has 0 radical (unpaired) electrons. The van der Waals surface area contributed by atoms with Crippen LogP contribution in [0.5, 0.6) is 0 Å². The van der Waals surface area contributed by atoms with Gasteiger partial charge in [-0.1, -0.05) is 69.2 Å². The summed E-state index contributed by atoms with van der Waals surface area (Å²) in [6.45, 7) is 3.82. The summed E-state index contributed by atoms with van der Waals surface area (Å²) < 4.78 is 0. The third-order valence-corrected chi connectivity index (χ3v) is 4.37. The Labute approximate surface area is 154 Å². The fraction of sp³-hybridized carbons (Fsp3) is 0.333. The Morgan fingerprint density at radius 2 is 1.42 bits per heavy atom. The van der Waals surface area contributed by atoms with E-state index >= 15 is 0 Å². The van der Waals surface area contributed by atoms with E-state index in [9.17, 15) is 14.7 Å². The van der Waals surface area contributed by atoms with Crippen LogP contribution in [0.25, 0.3) is 11.1 Å². The van der Waals surface area contributed by atoms with Crippen LogP contribution in [0.15, 0.2) is 54.6 Å². The standard InChI is InChI=1S/C21H26N2O3/c1-3-14-21(15-4-2,19(24)25)23-20(26)22-18-12-10-17(11-13-18)16-8-6-5-7-9-16/h5-13H,3-4,14-15H2,1-2H3,(H,24,25)(H2,22,23,26). The van der Waals surface area contributed by atoms with Gasteiger partial charge in [0.05, 0.1) is 0 Å².